The number of hydrogen-bond donors (Lipinski definition) is 0. The average molecular weight is 356 g/mol. The smallest absolute Gasteiger partial charge is 0.237 e. The molecule has 1 saturated heterocycles. The van der Waals surface area contributed by atoms with Gasteiger partial charge in [-0.1, -0.05) is 12.1 Å². The minimum absolute atomic E-state index is 0.0411. The standard InChI is InChI=1S/C17H25FN2O3S/c1-4-20(16-9-10-24(22,23)12-16)17(21)11-19(3)13(2)14-5-7-15(18)8-6-14/h5-8,13,16H,4,9-12H2,1-3H3. The number of halogens is 1. The lowest BCUT2D eigenvalue weighted by Crippen LogP contribution is -2.45. The van der Waals surface area contributed by atoms with Crippen molar-refractivity contribution in [3.05, 3.63) is 35.6 Å². The zero-order chi connectivity index (χ0) is 17.9. The topological polar surface area (TPSA) is 57.7 Å². The molecule has 2 rings (SSSR count). The zero-order valence-electron chi connectivity index (χ0n) is 14.4. The van der Waals surface area contributed by atoms with Crippen LogP contribution < -0.4 is 0 Å². The van der Waals surface area contributed by atoms with Crippen LogP contribution in [-0.2, 0) is 14.6 Å². The number of rotatable bonds is 6. The van der Waals surface area contributed by atoms with Crippen molar-refractivity contribution in [1.82, 2.24) is 9.80 Å². The van der Waals surface area contributed by atoms with Gasteiger partial charge in [0.1, 0.15) is 5.82 Å². The number of carbonyl (C=O) groups is 1. The molecule has 24 heavy (non-hydrogen) atoms. The molecule has 0 radical (unpaired) electrons. The van der Waals surface area contributed by atoms with Crippen molar-refractivity contribution >= 4 is 15.7 Å². The maximum absolute atomic E-state index is 13.0. The molecule has 7 heteroatoms. The van der Waals surface area contributed by atoms with Gasteiger partial charge in [0.2, 0.25) is 5.91 Å². The Bertz CT molecular complexity index is 676. The van der Waals surface area contributed by atoms with Crippen molar-refractivity contribution in [1.29, 1.82) is 0 Å². The van der Waals surface area contributed by atoms with Gasteiger partial charge < -0.3 is 4.90 Å². The van der Waals surface area contributed by atoms with Crippen molar-refractivity contribution in [2.75, 3.05) is 31.6 Å². The van der Waals surface area contributed by atoms with Gasteiger partial charge in [0.15, 0.2) is 9.84 Å². The second kappa shape index (κ2) is 7.61. The van der Waals surface area contributed by atoms with Crippen LogP contribution in [0.5, 0.6) is 0 Å². The Labute approximate surface area is 143 Å². The van der Waals surface area contributed by atoms with Crippen LogP contribution in [0, 0.1) is 5.82 Å². The van der Waals surface area contributed by atoms with Crippen LogP contribution in [0.4, 0.5) is 4.39 Å². The quantitative estimate of drug-likeness (QED) is 0.781. The molecule has 0 aliphatic carbocycles. The first-order valence-electron chi connectivity index (χ1n) is 8.19. The summed E-state index contributed by atoms with van der Waals surface area (Å²) in [5.41, 5.74) is 0.929. The molecule has 0 bridgehead atoms. The van der Waals surface area contributed by atoms with Gasteiger partial charge in [-0.05, 0) is 45.0 Å². The van der Waals surface area contributed by atoms with E-state index in [4.69, 9.17) is 0 Å². The number of benzene rings is 1. The molecule has 0 N–H and O–H groups in total. The van der Waals surface area contributed by atoms with Gasteiger partial charge in [-0.2, -0.15) is 0 Å². The normalized spacial score (nSPS) is 21.0. The molecule has 0 saturated carbocycles. The summed E-state index contributed by atoms with van der Waals surface area (Å²) in [7, 11) is -1.18. The molecule has 1 aliphatic rings. The van der Waals surface area contributed by atoms with E-state index in [0.29, 0.717) is 13.0 Å². The number of nitrogens with zero attached hydrogens (tertiary/aromatic N) is 2. The van der Waals surface area contributed by atoms with E-state index < -0.39 is 9.84 Å². The van der Waals surface area contributed by atoms with Crippen LogP contribution in [0.1, 0.15) is 31.9 Å². The predicted molar refractivity (Wildman–Crippen MR) is 91.9 cm³/mol. The third kappa shape index (κ3) is 4.54. The number of amides is 1. The molecule has 1 aliphatic heterocycles. The minimum atomic E-state index is -3.02. The predicted octanol–water partition coefficient (Wildman–Crippen LogP) is 1.85. The van der Waals surface area contributed by atoms with Crippen LogP contribution >= 0.6 is 0 Å². The zero-order valence-corrected chi connectivity index (χ0v) is 15.2. The first kappa shape index (κ1) is 18.9. The second-order valence-electron chi connectivity index (χ2n) is 6.38. The lowest BCUT2D eigenvalue weighted by Gasteiger charge is -2.31. The van der Waals surface area contributed by atoms with E-state index >= 15 is 0 Å². The van der Waals surface area contributed by atoms with Crippen molar-refractivity contribution in [3.63, 3.8) is 0 Å². The Hall–Kier alpha value is -1.47. The van der Waals surface area contributed by atoms with Crippen molar-refractivity contribution in [2.45, 2.75) is 32.4 Å². The summed E-state index contributed by atoms with van der Waals surface area (Å²) >= 11 is 0. The molecule has 1 aromatic rings. The van der Waals surface area contributed by atoms with Gasteiger partial charge in [0.25, 0.3) is 0 Å². The Kier molecular flexibility index (Phi) is 5.98. The highest BCUT2D eigenvalue weighted by Crippen LogP contribution is 2.21. The van der Waals surface area contributed by atoms with Gasteiger partial charge in [-0.3, -0.25) is 9.69 Å². The monoisotopic (exact) mass is 356 g/mol. The number of likely N-dealkylation sites (N-methyl/N-ethyl adjacent to an activating group) is 2. The Morgan fingerprint density at radius 2 is 1.96 bits per heavy atom. The molecule has 0 aromatic heterocycles. The van der Waals surface area contributed by atoms with Crippen molar-refractivity contribution < 1.29 is 17.6 Å². The van der Waals surface area contributed by atoms with E-state index in [1.54, 1.807) is 17.0 Å². The van der Waals surface area contributed by atoms with Crippen LogP contribution in [-0.4, -0.2) is 61.8 Å². The lowest BCUT2D eigenvalue weighted by atomic mass is 10.1. The maximum atomic E-state index is 13.0. The highest BCUT2D eigenvalue weighted by molar-refractivity contribution is 7.91. The Balaban J connectivity index is 2.00. The average Bonchev–Trinajstić information content (AvgIpc) is 2.87. The van der Waals surface area contributed by atoms with E-state index in [9.17, 15) is 17.6 Å². The molecule has 2 atom stereocenters. The Morgan fingerprint density at radius 3 is 2.46 bits per heavy atom. The Morgan fingerprint density at radius 1 is 1.33 bits per heavy atom. The minimum Gasteiger partial charge on any atom is -0.338 e. The van der Waals surface area contributed by atoms with Crippen LogP contribution in [0.15, 0.2) is 24.3 Å². The van der Waals surface area contributed by atoms with E-state index in [1.807, 2.05) is 25.8 Å². The second-order valence-corrected chi connectivity index (χ2v) is 8.61. The lowest BCUT2D eigenvalue weighted by molar-refractivity contribution is -0.134. The van der Waals surface area contributed by atoms with Crippen molar-refractivity contribution in [3.8, 4) is 0 Å². The first-order valence-corrected chi connectivity index (χ1v) is 10.0. The largest absolute Gasteiger partial charge is 0.338 e. The molecule has 1 fully saturated rings. The third-order valence-electron chi connectivity index (χ3n) is 4.71. The van der Waals surface area contributed by atoms with Gasteiger partial charge >= 0.3 is 0 Å². The summed E-state index contributed by atoms with van der Waals surface area (Å²) in [4.78, 5) is 16.2. The first-order chi connectivity index (χ1) is 11.2. The van der Waals surface area contributed by atoms with E-state index in [-0.39, 0.29) is 41.9 Å². The molecule has 1 amide bonds. The molecule has 134 valence electrons. The fourth-order valence-corrected chi connectivity index (χ4v) is 4.83. The van der Waals surface area contributed by atoms with Crippen LogP contribution in [0.3, 0.4) is 0 Å². The molecule has 5 nitrogen and oxygen atoms in total. The number of carbonyl (C=O) groups excluding carboxylic acids is 1. The van der Waals surface area contributed by atoms with Crippen LogP contribution in [0.25, 0.3) is 0 Å². The van der Waals surface area contributed by atoms with E-state index in [2.05, 4.69) is 0 Å². The highest BCUT2D eigenvalue weighted by atomic mass is 32.2. The number of sulfone groups is 1. The third-order valence-corrected chi connectivity index (χ3v) is 6.46. The maximum Gasteiger partial charge on any atom is 0.237 e. The molecule has 1 heterocycles. The van der Waals surface area contributed by atoms with Gasteiger partial charge in [0.05, 0.1) is 18.1 Å². The summed E-state index contributed by atoms with van der Waals surface area (Å²) in [6.07, 6.45) is 0.513. The molecule has 2 unspecified atom stereocenters. The summed E-state index contributed by atoms with van der Waals surface area (Å²) in [5, 5.41) is 0. The molecular formula is C17H25FN2O3S. The summed E-state index contributed by atoms with van der Waals surface area (Å²) in [6, 6.07) is 5.97. The molecule has 1 aromatic carbocycles. The van der Waals surface area contributed by atoms with Crippen LogP contribution in [0.2, 0.25) is 0 Å². The highest BCUT2D eigenvalue weighted by Gasteiger charge is 2.34. The number of hydrogen-bond acceptors (Lipinski definition) is 4. The van der Waals surface area contributed by atoms with Gasteiger partial charge in [0, 0.05) is 18.6 Å². The van der Waals surface area contributed by atoms with E-state index in [0.717, 1.165) is 5.56 Å². The summed E-state index contributed by atoms with van der Waals surface area (Å²) in [5.74, 6) is -0.145. The summed E-state index contributed by atoms with van der Waals surface area (Å²) < 4.78 is 36.3. The van der Waals surface area contributed by atoms with Gasteiger partial charge in [-0.15, -0.1) is 0 Å². The summed E-state index contributed by atoms with van der Waals surface area (Å²) in [6.45, 7) is 4.52. The SMILES string of the molecule is CCN(C(=O)CN(C)C(C)c1ccc(F)cc1)C1CCS(=O)(=O)C1. The van der Waals surface area contributed by atoms with Crippen molar-refractivity contribution in [2.24, 2.45) is 0 Å². The fraction of sp³-hybridized carbons (Fsp3) is 0.588. The molecule has 0 spiro atoms. The van der Waals surface area contributed by atoms with Gasteiger partial charge in [-0.25, -0.2) is 12.8 Å². The molecular weight excluding hydrogens is 331 g/mol. The van der Waals surface area contributed by atoms with E-state index in [1.165, 1.54) is 12.1 Å². The fourth-order valence-electron chi connectivity index (χ4n) is 3.10.